The maximum Gasteiger partial charge on any atom is 0.163 e. The number of nitrogens with two attached hydrogens (primary N) is 1. The zero-order valence-corrected chi connectivity index (χ0v) is 20.1. The van der Waals surface area contributed by atoms with Gasteiger partial charge >= 0.3 is 0 Å². The van der Waals surface area contributed by atoms with Crippen molar-refractivity contribution in [1.82, 2.24) is 19.4 Å². The lowest BCUT2D eigenvalue weighted by atomic mass is 10.1. The molecule has 2 aliphatic rings. The molecule has 6 rings (SSSR count). The van der Waals surface area contributed by atoms with Gasteiger partial charge in [-0.15, -0.1) is 0 Å². The summed E-state index contributed by atoms with van der Waals surface area (Å²) in [5.41, 5.74) is 14.8. The number of benzene rings is 2. The molecule has 0 saturated heterocycles. The number of hydrogen-bond donors (Lipinski definition) is 1. The van der Waals surface area contributed by atoms with E-state index < -0.39 is 0 Å². The lowest BCUT2D eigenvalue weighted by Gasteiger charge is -2.28. The van der Waals surface area contributed by atoms with Gasteiger partial charge in [-0.2, -0.15) is 0 Å². The molecule has 0 atom stereocenters. The van der Waals surface area contributed by atoms with Crippen molar-refractivity contribution in [2.75, 3.05) is 25.5 Å². The van der Waals surface area contributed by atoms with Crippen LogP contribution in [0.25, 0.3) is 17.1 Å². The number of nitrogens with zero attached hydrogens (tertiary/aromatic N) is 4. The van der Waals surface area contributed by atoms with Crippen molar-refractivity contribution in [3.63, 3.8) is 0 Å². The molecule has 7 nitrogen and oxygen atoms in total. The van der Waals surface area contributed by atoms with Gasteiger partial charge in [0, 0.05) is 72.2 Å². The maximum atomic E-state index is 5.82. The van der Waals surface area contributed by atoms with Gasteiger partial charge in [0.25, 0.3) is 0 Å². The lowest BCUT2D eigenvalue weighted by Crippen LogP contribution is -2.31. The van der Waals surface area contributed by atoms with Crippen molar-refractivity contribution in [3.8, 4) is 28.6 Å². The predicted molar refractivity (Wildman–Crippen MR) is 136 cm³/mol. The Morgan fingerprint density at radius 3 is 2.60 bits per heavy atom. The summed E-state index contributed by atoms with van der Waals surface area (Å²) in [4.78, 5) is 12.0. The Morgan fingerprint density at radius 1 is 0.971 bits per heavy atom. The Kier molecular flexibility index (Phi) is 5.41. The molecule has 0 unspecified atom stereocenters. The highest BCUT2D eigenvalue weighted by Crippen LogP contribution is 2.34. The number of nitrogen functional groups attached to an aromatic ring is 1. The fraction of sp³-hybridized carbons (Fsp3) is 0.286. The van der Waals surface area contributed by atoms with Crippen LogP contribution in [-0.4, -0.2) is 39.2 Å². The van der Waals surface area contributed by atoms with Crippen LogP contribution >= 0.6 is 0 Å². The molecule has 35 heavy (non-hydrogen) atoms. The average molecular weight is 468 g/mol. The largest absolute Gasteiger partial charge is 0.486 e. The molecule has 0 radical (unpaired) electrons. The minimum absolute atomic E-state index is 0.590. The summed E-state index contributed by atoms with van der Waals surface area (Å²) in [6, 6.07) is 16.2. The molecule has 2 aromatic heterocycles. The van der Waals surface area contributed by atoms with Crippen LogP contribution in [-0.2, 0) is 19.5 Å². The van der Waals surface area contributed by atoms with Crippen molar-refractivity contribution >= 4 is 5.69 Å². The number of ether oxygens (including phenoxy) is 2. The van der Waals surface area contributed by atoms with Crippen LogP contribution in [0.1, 0.15) is 28.2 Å². The van der Waals surface area contributed by atoms with Crippen molar-refractivity contribution in [2.45, 2.75) is 33.4 Å². The smallest absolute Gasteiger partial charge is 0.163 e. The van der Waals surface area contributed by atoms with Crippen LogP contribution in [0.4, 0.5) is 5.69 Å². The maximum absolute atomic E-state index is 5.82. The third-order valence-corrected chi connectivity index (χ3v) is 6.90. The van der Waals surface area contributed by atoms with Gasteiger partial charge in [-0.05, 0) is 61.9 Å². The number of hydrogen-bond acceptors (Lipinski definition) is 6. The summed E-state index contributed by atoms with van der Waals surface area (Å²) in [7, 11) is 0. The van der Waals surface area contributed by atoms with Gasteiger partial charge in [-0.1, -0.05) is 0 Å². The molecule has 178 valence electrons. The third kappa shape index (κ3) is 4.12. The molecule has 0 saturated carbocycles. The predicted octanol–water partition coefficient (Wildman–Crippen LogP) is 4.46. The van der Waals surface area contributed by atoms with Crippen LogP contribution in [0, 0.1) is 13.8 Å². The number of aryl methyl sites for hydroxylation is 1. The molecule has 0 bridgehead atoms. The monoisotopic (exact) mass is 467 g/mol. The van der Waals surface area contributed by atoms with E-state index in [2.05, 4.69) is 46.5 Å². The summed E-state index contributed by atoms with van der Waals surface area (Å²) in [5.74, 6) is 2.39. The number of anilines is 1. The summed E-state index contributed by atoms with van der Waals surface area (Å²) < 4.78 is 13.8. The summed E-state index contributed by atoms with van der Waals surface area (Å²) in [5, 5.41) is 0. The summed E-state index contributed by atoms with van der Waals surface area (Å²) >= 11 is 0. The lowest BCUT2D eigenvalue weighted by molar-refractivity contribution is 0.171. The van der Waals surface area contributed by atoms with Gasteiger partial charge in [0.2, 0.25) is 0 Å². The molecule has 0 spiro atoms. The second kappa shape index (κ2) is 8.74. The van der Waals surface area contributed by atoms with E-state index in [0.29, 0.717) is 13.2 Å². The molecule has 2 aliphatic heterocycles. The quantitative estimate of drug-likeness (QED) is 0.447. The van der Waals surface area contributed by atoms with E-state index in [9.17, 15) is 0 Å². The van der Waals surface area contributed by atoms with E-state index in [-0.39, 0.29) is 0 Å². The number of fused-ring (bicyclic) bond motifs is 2. The first-order valence-corrected chi connectivity index (χ1v) is 12.1. The van der Waals surface area contributed by atoms with Gasteiger partial charge in [-0.25, -0.2) is 9.97 Å². The molecule has 2 N–H and O–H groups in total. The molecular formula is C28H29N5O2. The van der Waals surface area contributed by atoms with Crippen LogP contribution < -0.4 is 15.2 Å². The Labute approximate surface area is 205 Å². The second-order valence-corrected chi connectivity index (χ2v) is 9.31. The Bertz CT molecular complexity index is 1390. The van der Waals surface area contributed by atoms with Crippen molar-refractivity contribution < 1.29 is 9.47 Å². The fourth-order valence-electron chi connectivity index (χ4n) is 5.08. The first kappa shape index (κ1) is 21.7. The second-order valence-electron chi connectivity index (χ2n) is 9.31. The SMILES string of the molecule is Cc1cc(CN2CCc3nc(-c4ccc(N)cc4)ncc3C2)c(C)n1-c1ccc2c(c1)OCCO2. The zero-order valence-electron chi connectivity index (χ0n) is 20.1. The molecule has 4 aromatic rings. The highest BCUT2D eigenvalue weighted by Gasteiger charge is 2.22. The zero-order chi connectivity index (χ0) is 23.9. The van der Waals surface area contributed by atoms with E-state index in [4.69, 9.17) is 20.2 Å². The van der Waals surface area contributed by atoms with Crippen LogP contribution in [0.5, 0.6) is 11.5 Å². The van der Waals surface area contributed by atoms with Gasteiger partial charge in [0.05, 0.1) is 5.69 Å². The summed E-state index contributed by atoms with van der Waals surface area (Å²) in [6.07, 6.45) is 2.90. The minimum atomic E-state index is 0.590. The van der Waals surface area contributed by atoms with Crippen molar-refractivity contribution in [2.24, 2.45) is 0 Å². The molecular weight excluding hydrogens is 438 g/mol. The summed E-state index contributed by atoms with van der Waals surface area (Å²) in [6.45, 7) is 8.26. The number of rotatable bonds is 4. The number of aromatic nitrogens is 3. The molecule has 0 fully saturated rings. The topological polar surface area (TPSA) is 78.4 Å². The molecule has 2 aromatic carbocycles. The highest BCUT2D eigenvalue weighted by molar-refractivity contribution is 5.59. The average Bonchev–Trinajstić information content (AvgIpc) is 3.16. The first-order chi connectivity index (χ1) is 17.0. The van der Waals surface area contributed by atoms with Crippen LogP contribution in [0.3, 0.4) is 0 Å². The Balaban J connectivity index is 1.20. The van der Waals surface area contributed by atoms with Crippen LogP contribution in [0.15, 0.2) is 54.7 Å². The Hall–Kier alpha value is -3.84. The molecule has 0 amide bonds. The molecule has 4 heterocycles. The van der Waals surface area contributed by atoms with Gasteiger partial charge in [-0.3, -0.25) is 4.90 Å². The van der Waals surface area contributed by atoms with E-state index in [1.807, 2.05) is 36.5 Å². The first-order valence-electron chi connectivity index (χ1n) is 12.1. The van der Waals surface area contributed by atoms with Crippen molar-refractivity contribution in [3.05, 3.63) is 82.9 Å². The van der Waals surface area contributed by atoms with Crippen LogP contribution in [0.2, 0.25) is 0 Å². The Morgan fingerprint density at radius 2 is 1.77 bits per heavy atom. The third-order valence-electron chi connectivity index (χ3n) is 6.90. The van der Waals surface area contributed by atoms with E-state index in [1.54, 1.807) is 0 Å². The van der Waals surface area contributed by atoms with E-state index in [1.165, 1.54) is 22.5 Å². The fourth-order valence-corrected chi connectivity index (χ4v) is 5.08. The molecule has 0 aliphatic carbocycles. The van der Waals surface area contributed by atoms with Gasteiger partial charge < -0.3 is 19.8 Å². The van der Waals surface area contributed by atoms with Crippen molar-refractivity contribution in [1.29, 1.82) is 0 Å². The molecule has 7 heteroatoms. The standard InChI is InChI=1S/C28H29N5O2/c1-18-13-21(19(2)33(18)24-7-8-26-27(14-24)35-12-11-34-26)16-32-10-9-25-22(17-32)15-30-28(31-25)20-3-5-23(29)6-4-20/h3-8,13-15H,9-12,16-17,29H2,1-2H3. The van der Waals surface area contributed by atoms with E-state index >= 15 is 0 Å². The normalized spacial score (nSPS) is 15.1. The highest BCUT2D eigenvalue weighted by atomic mass is 16.6. The van der Waals surface area contributed by atoms with E-state index in [0.717, 1.165) is 66.0 Å². The van der Waals surface area contributed by atoms with Gasteiger partial charge in [0.15, 0.2) is 17.3 Å². The minimum Gasteiger partial charge on any atom is -0.486 e. The van der Waals surface area contributed by atoms with Gasteiger partial charge in [0.1, 0.15) is 13.2 Å².